The van der Waals surface area contributed by atoms with Gasteiger partial charge in [-0.05, 0) is 62.6 Å². The van der Waals surface area contributed by atoms with Crippen LogP contribution in [0.3, 0.4) is 0 Å². The second-order valence-electron chi connectivity index (χ2n) is 9.83. The van der Waals surface area contributed by atoms with Crippen LogP contribution >= 0.6 is 15.9 Å². The van der Waals surface area contributed by atoms with Crippen molar-refractivity contribution in [1.82, 2.24) is 0 Å². The van der Waals surface area contributed by atoms with E-state index in [1.807, 2.05) is 36.4 Å². The van der Waals surface area contributed by atoms with Gasteiger partial charge < -0.3 is 28.8 Å². The molecule has 202 valence electrons. The summed E-state index contributed by atoms with van der Waals surface area (Å²) < 4.78 is 31.2. The normalized spacial score (nSPS) is 31.0. The zero-order valence-electron chi connectivity index (χ0n) is 21.4. The number of hydrogen-bond acceptors (Lipinski definition) is 7. The molecule has 8 heteroatoms. The largest absolute Gasteiger partial charge is 0.491 e. The van der Waals surface area contributed by atoms with Crippen LogP contribution in [-0.2, 0) is 23.7 Å². The van der Waals surface area contributed by atoms with Crippen LogP contribution in [0.2, 0.25) is 0 Å². The van der Waals surface area contributed by atoms with Gasteiger partial charge in [-0.2, -0.15) is 0 Å². The second-order valence-corrected chi connectivity index (χ2v) is 10.7. The molecule has 1 saturated carbocycles. The maximum absolute atomic E-state index is 11.6. The number of carbonyl (C=O) groups excluding carboxylic acids is 1. The summed E-state index contributed by atoms with van der Waals surface area (Å²) >= 11 is 3.48. The average molecular weight is 578 g/mol. The Balaban J connectivity index is 1.51. The van der Waals surface area contributed by atoms with E-state index in [1.165, 1.54) is 6.92 Å². The first-order chi connectivity index (χ1) is 18.0. The lowest BCUT2D eigenvalue weighted by molar-refractivity contribution is -0.193. The Morgan fingerprint density at radius 1 is 1.19 bits per heavy atom. The molecule has 2 heterocycles. The van der Waals surface area contributed by atoms with E-state index in [9.17, 15) is 9.90 Å². The predicted octanol–water partition coefficient (Wildman–Crippen LogP) is 4.80. The molecule has 37 heavy (non-hydrogen) atoms. The van der Waals surface area contributed by atoms with Crippen molar-refractivity contribution in [3.05, 3.63) is 40.9 Å². The molecule has 3 aliphatic rings. The van der Waals surface area contributed by atoms with Gasteiger partial charge in [0.2, 0.25) is 5.78 Å². The molecule has 1 N–H and O–H groups in total. The Morgan fingerprint density at radius 2 is 1.95 bits per heavy atom. The average Bonchev–Trinajstić information content (AvgIpc) is 3.19. The van der Waals surface area contributed by atoms with Crippen molar-refractivity contribution < 1.29 is 33.6 Å². The van der Waals surface area contributed by atoms with Crippen LogP contribution in [0.1, 0.15) is 51.9 Å². The highest BCUT2D eigenvalue weighted by Crippen LogP contribution is 2.37. The van der Waals surface area contributed by atoms with Gasteiger partial charge in [-0.15, -0.1) is 0 Å². The number of aliphatic hydroxyl groups excluding tert-OH is 1. The summed E-state index contributed by atoms with van der Waals surface area (Å²) in [6, 6.07) is 7.67. The molecular weight excluding hydrogens is 540 g/mol. The van der Waals surface area contributed by atoms with Gasteiger partial charge in [0.05, 0.1) is 18.1 Å². The Morgan fingerprint density at radius 3 is 2.62 bits per heavy atom. The Labute approximate surface area is 228 Å². The third kappa shape index (κ3) is 8.91. The minimum Gasteiger partial charge on any atom is -0.491 e. The van der Waals surface area contributed by atoms with E-state index in [-0.39, 0.29) is 36.5 Å². The van der Waals surface area contributed by atoms with Gasteiger partial charge >= 0.3 is 0 Å². The number of halogens is 1. The van der Waals surface area contributed by atoms with Crippen molar-refractivity contribution >= 4 is 21.7 Å². The number of ketones is 1. The van der Waals surface area contributed by atoms with Crippen LogP contribution < -0.4 is 4.74 Å². The van der Waals surface area contributed by atoms with Crippen molar-refractivity contribution in [2.45, 2.75) is 82.8 Å². The van der Waals surface area contributed by atoms with E-state index in [2.05, 4.69) is 27.8 Å². The van der Waals surface area contributed by atoms with Crippen molar-refractivity contribution in [1.29, 1.82) is 0 Å². The predicted molar refractivity (Wildman–Crippen MR) is 142 cm³/mol. The number of carbonyl (C=O) groups is 1. The SMILES string of the molecule is CC(=O)C#CC1C(O)CC(OC2CCCCO2)C1C=CC(COc1cccc(Br)c1)OC1CCCCO1. The minimum atomic E-state index is -0.700. The first-order valence-corrected chi connectivity index (χ1v) is 14.1. The van der Waals surface area contributed by atoms with Crippen LogP contribution in [0.5, 0.6) is 5.75 Å². The molecule has 1 aromatic rings. The van der Waals surface area contributed by atoms with Gasteiger partial charge in [0.15, 0.2) is 12.6 Å². The summed E-state index contributed by atoms with van der Waals surface area (Å²) in [6.45, 7) is 3.08. The third-order valence-corrected chi connectivity index (χ3v) is 7.33. The number of ether oxygens (including phenoxy) is 5. The summed E-state index contributed by atoms with van der Waals surface area (Å²) in [6.07, 6.45) is 8.29. The monoisotopic (exact) mass is 576 g/mol. The van der Waals surface area contributed by atoms with Crippen molar-refractivity contribution in [3.63, 3.8) is 0 Å². The van der Waals surface area contributed by atoms with Crippen molar-refractivity contribution in [3.8, 4) is 17.6 Å². The first-order valence-electron chi connectivity index (χ1n) is 13.3. The van der Waals surface area contributed by atoms with E-state index in [0.29, 0.717) is 26.2 Å². The lowest BCUT2D eigenvalue weighted by Gasteiger charge is -2.29. The standard InChI is InChI=1S/C29H37BrO7/c1-20(31)11-13-24-25(27(18-26(24)32)37-29-10-3-5-16-34-29)14-12-23(36-28-9-2-4-15-33-28)19-35-22-8-6-7-21(30)17-22/h6-8,12,14,17,23-29,32H,2-5,9-10,15-16,18-19H2,1H3. The summed E-state index contributed by atoms with van der Waals surface area (Å²) in [4.78, 5) is 11.6. The highest BCUT2D eigenvalue weighted by Gasteiger charge is 2.42. The molecule has 0 bridgehead atoms. The van der Waals surface area contributed by atoms with Crippen LogP contribution in [0.25, 0.3) is 0 Å². The molecule has 0 aromatic heterocycles. The van der Waals surface area contributed by atoms with Crippen LogP contribution in [0.4, 0.5) is 0 Å². The summed E-state index contributed by atoms with van der Waals surface area (Å²) in [7, 11) is 0. The molecule has 1 aliphatic carbocycles. The Kier molecular flexibility index (Phi) is 11.0. The summed E-state index contributed by atoms with van der Waals surface area (Å²) in [5, 5.41) is 10.8. The third-order valence-electron chi connectivity index (χ3n) is 6.83. The van der Waals surface area contributed by atoms with E-state index in [0.717, 1.165) is 48.7 Å². The van der Waals surface area contributed by atoms with Crippen molar-refractivity contribution in [2.24, 2.45) is 11.8 Å². The summed E-state index contributed by atoms with van der Waals surface area (Å²) in [5.74, 6) is 5.48. The van der Waals surface area contributed by atoms with E-state index >= 15 is 0 Å². The van der Waals surface area contributed by atoms with Gasteiger partial charge in [-0.1, -0.05) is 40.1 Å². The smallest absolute Gasteiger partial charge is 0.202 e. The maximum atomic E-state index is 11.6. The molecule has 2 aliphatic heterocycles. The molecule has 0 amide bonds. The zero-order chi connectivity index (χ0) is 26.0. The summed E-state index contributed by atoms with van der Waals surface area (Å²) in [5.41, 5.74) is 0. The molecule has 4 rings (SSSR count). The fourth-order valence-electron chi connectivity index (χ4n) is 4.95. The molecule has 7 unspecified atom stereocenters. The lowest BCUT2D eigenvalue weighted by Crippen LogP contribution is -2.32. The number of benzene rings is 1. The topological polar surface area (TPSA) is 83.5 Å². The first kappa shape index (κ1) is 28.3. The molecule has 3 fully saturated rings. The lowest BCUT2D eigenvalue weighted by atomic mass is 9.93. The van der Waals surface area contributed by atoms with E-state index in [4.69, 9.17) is 23.7 Å². The molecule has 0 radical (unpaired) electrons. The fraction of sp³-hybridized carbons (Fsp3) is 0.621. The van der Waals surface area contributed by atoms with Crippen LogP contribution in [-0.4, -0.2) is 61.6 Å². The molecule has 7 atom stereocenters. The van der Waals surface area contributed by atoms with Crippen molar-refractivity contribution in [2.75, 3.05) is 19.8 Å². The molecule has 0 spiro atoms. The van der Waals surface area contributed by atoms with Gasteiger partial charge in [-0.25, -0.2) is 0 Å². The van der Waals surface area contributed by atoms with Crippen LogP contribution in [0, 0.1) is 23.7 Å². The minimum absolute atomic E-state index is 0.225. The van der Waals surface area contributed by atoms with Gasteiger partial charge in [0, 0.05) is 36.9 Å². The zero-order valence-corrected chi connectivity index (χ0v) is 22.9. The molecule has 1 aromatic carbocycles. The number of rotatable bonds is 9. The highest BCUT2D eigenvalue weighted by molar-refractivity contribution is 9.10. The Hall–Kier alpha value is -1.73. The molecular formula is C29H37BrO7. The van der Waals surface area contributed by atoms with Gasteiger partial charge in [0.25, 0.3) is 0 Å². The molecule has 7 nitrogen and oxygen atoms in total. The highest BCUT2D eigenvalue weighted by atomic mass is 79.9. The second kappa shape index (κ2) is 14.4. The van der Waals surface area contributed by atoms with E-state index < -0.39 is 12.0 Å². The van der Waals surface area contributed by atoms with Gasteiger partial charge in [0.1, 0.15) is 18.5 Å². The van der Waals surface area contributed by atoms with Crippen LogP contribution in [0.15, 0.2) is 40.9 Å². The van der Waals surface area contributed by atoms with E-state index in [1.54, 1.807) is 0 Å². The number of hydrogen-bond donors (Lipinski definition) is 1. The Bertz CT molecular complexity index is 958. The maximum Gasteiger partial charge on any atom is 0.202 e. The number of Topliss-reactive ketones (excluding diaryl/α,β-unsaturated/α-hetero) is 1. The quantitative estimate of drug-likeness (QED) is 0.257. The fourth-order valence-corrected chi connectivity index (χ4v) is 5.33. The number of aliphatic hydroxyl groups is 1. The van der Waals surface area contributed by atoms with Gasteiger partial charge in [-0.3, -0.25) is 4.79 Å². The molecule has 2 saturated heterocycles.